The molecule has 0 spiro atoms. The maximum atomic E-state index is 13.3. The van der Waals surface area contributed by atoms with Crippen LogP contribution in [0.2, 0.25) is 0 Å². The fourth-order valence-electron chi connectivity index (χ4n) is 9.65. The fraction of sp³-hybridized carbons (Fsp3) is 0.846. The summed E-state index contributed by atoms with van der Waals surface area (Å²) in [5.41, 5.74) is 0. The second-order valence-corrected chi connectivity index (χ2v) is 21.5. The second kappa shape index (κ2) is 58.7. The van der Waals surface area contributed by atoms with Crippen molar-refractivity contribution < 1.29 is 24.5 Å². The van der Waals surface area contributed by atoms with Crippen molar-refractivity contribution in [3.63, 3.8) is 0 Å². The Morgan fingerprint density at radius 1 is 0.408 bits per heavy atom. The second-order valence-electron chi connectivity index (χ2n) is 21.5. The van der Waals surface area contributed by atoms with Crippen molar-refractivity contribution in [1.29, 1.82) is 0 Å². The van der Waals surface area contributed by atoms with Gasteiger partial charge in [0.25, 0.3) is 0 Å². The largest absolute Gasteiger partial charge is 0.462 e. The van der Waals surface area contributed by atoms with Crippen molar-refractivity contribution >= 4 is 11.9 Å². The van der Waals surface area contributed by atoms with E-state index in [0.717, 1.165) is 70.6 Å². The fourth-order valence-corrected chi connectivity index (χ4v) is 9.65. The SMILES string of the molecule is CCCCC/C=C\C/C=C\C/C=C\C/C=C\CCCCCC(=O)OC(CCCCCCCCCCCCCCCCCC)CC(=O)NC(CO)C(O)CCCCCCCCCCCCCCCCCCC. The predicted molar refractivity (Wildman–Crippen MR) is 310 cm³/mol. The molecule has 6 nitrogen and oxygen atoms in total. The van der Waals surface area contributed by atoms with E-state index in [-0.39, 0.29) is 24.9 Å². The molecule has 0 aromatic carbocycles. The van der Waals surface area contributed by atoms with Crippen LogP contribution in [-0.2, 0) is 14.3 Å². The predicted octanol–water partition coefficient (Wildman–Crippen LogP) is 19.7. The summed E-state index contributed by atoms with van der Waals surface area (Å²) in [5.74, 6) is -0.492. The Morgan fingerprint density at radius 2 is 0.718 bits per heavy atom. The van der Waals surface area contributed by atoms with Gasteiger partial charge in [-0.3, -0.25) is 9.59 Å². The van der Waals surface area contributed by atoms with Gasteiger partial charge in [0.05, 0.1) is 25.2 Å². The molecule has 0 saturated carbocycles. The number of hydrogen-bond acceptors (Lipinski definition) is 5. The molecule has 0 aromatic heterocycles. The molecule has 71 heavy (non-hydrogen) atoms. The normalized spacial score (nSPS) is 13.4. The van der Waals surface area contributed by atoms with Crippen LogP contribution >= 0.6 is 0 Å². The molecular formula is C65H121NO5. The summed E-state index contributed by atoms with van der Waals surface area (Å²) in [7, 11) is 0. The highest BCUT2D eigenvalue weighted by molar-refractivity contribution is 5.77. The van der Waals surface area contributed by atoms with Crippen LogP contribution in [0.4, 0.5) is 0 Å². The molecule has 0 radical (unpaired) electrons. The average molecular weight is 997 g/mol. The Balaban J connectivity index is 4.57. The highest BCUT2D eigenvalue weighted by Crippen LogP contribution is 2.19. The Kier molecular flexibility index (Phi) is 56.9. The Hall–Kier alpha value is -2.18. The number of rotatable bonds is 57. The van der Waals surface area contributed by atoms with Gasteiger partial charge in [0.15, 0.2) is 0 Å². The van der Waals surface area contributed by atoms with E-state index in [1.54, 1.807) is 0 Å². The van der Waals surface area contributed by atoms with Crippen LogP contribution in [0.3, 0.4) is 0 Å². The smallest absolute Gasteiger partial charge is 0.306 e. The third-order valence-electron chi connectivity index (χ3n) is 14.4. The quantitative estimate of drug-likeness (QED) is 0.0321. The first-order valence-electron chi connectivity index (χ1n) is 31.4. The third-order valence-corrected chi connectivity index (χ3v) is 14.4. The first-order chi connectivity index (χ1) is 35.0. The number of allylic oxidation sites excluding steroid dienone is 8. The third kappa shape index (κ3) is 53.9. The molecular weight excluding hydrogens is 875 g/mol. The summed E-state index contributed by atoms with van der Waals surface area (Å²) >= 11 is 0. The van der Waals surface area contributed by atoms with Gasteiger partial charge in [0.1, 0.15) is 6.10 Å². The van der Waals surface area contributed by atoms with E-state index < -0.39 is 18.2 Å². The van der Waals surface area contributed by atoms with Crippen molar-refractivity contribution in [2.45, 2.75) is 347 Å². The Morgan fingerprint density at radius 3 is 1.10 bits per heavy atom. The summed E-state index contributed by atoms with van der Waals surface area (Å²) in [6.07, 6.45) is 73.2. The highest BCUT2D eigenvalue weighted by atomic mass is 16.5. The lowest BCUT2D eigenvalue weighted by Crippen LogP contribution is -2.46. The Bertz CT molecular complexity index is 1210. The molecule has 0 saturated heterocycles. The van der Waals surface area contributed by atoms with Crippen LogP contribution in [0.15, 0.2) is 48.6 Å². The van der Waals surface area contributed by atoms with Gasteiger partial charge in [-0.15, -0.1) is 0 Å². The van der Waals surface area contributed by atoms with Gasteiger partial charge in [0.2, 0.25) is 5.91 Å². The number of nitrogens with one attached hydrogen (secondary N) is 1. The van der Waals surface area contributed by atoms with Crippen molar-refractivity contribution in [2.75, 3.05) is 6.61 Å². The number of carbonyl (C=O) groups excluding carboxylic acids is 2. The van der Waals surface area contributed by atoms with E-state index >= 15 is 0 Å². The molecule has 1 amide bonds. The standard InChI is InChI=1S/C65H121NO5/c1-4-7-10-13-16-19-22-25-28-31-32-34-37-40-43-46-49-52-55-58-65(70)71-61(56-53-50-47-44-41-38-35-30-27-24-21-18-15-12-9-6-3)59-64(69)66-62(60-67)63(68)57-54-51-48-45-42-39-36-33-29-26-23-20-17-14-11-8-5-2/h16,19,25,28,32,34,40,43,61-63,67-68H,4-15,17-18,20-24,26-27,29-31,33,35-39,41-42,44-60H2,1-3H3,(H,66,69)/b19-16-,28-25-,34-32-,43-40-. The number of amides is 1. The van der Waals surface area contributed by atoms with Gasteiger partial charge in [-0.2, -0.15) is 0 Å². The first-order valence-corrected chi connectivity index (χ1v) is 31.4. The van der Waals surface area contributed by atoms with E-state index in [4.69, 9.17) is 4.74 Å². The maximum absolute atomic E-state index is 13.3. The van der Waals surface area contributed by atoms with Crippen molar-refractivity contribution in [3.8, 4) is 0 Å². The van der Waals surface area contributed by atoms with Crippen LogP contribution in [-0.4, -0.2) is 46.9 Å². The average Bonchev–Trinajstić information content (AvgIpc) is 3.36. The van der Waals surface area contributed by atoms with Gasteiger partial charge in [-0.1, -0.05) is 294 Å². The zero-order valence-electron chi connectivity index (χ0n) is 47.6. The van der Waals surface area contributed by atoms with Crippen LogP contribution in [0.1, 0.15) is 329 Å². The van der Waals surface area contributed by atoms with Gasteiger partial charge in [-0.05, 0) is 70.6 Å². The van der Waals surface area contributed by atoms with Gasteiger partial charge >= 0.3 is 5.97 Å². The minimum Gasteiger partial charge on any atom is -0.462 e. The summed E-state index contributed by atoms with van der Waals surface area (Å²) in [6, 6.07) is -0.708. The van der Waals surface area contributed by atoms with Gasteiger partial charge < -0.3 is 20.3 Å². The number of hydrogen-bond donors (Lipinski definition) is 3. The summed E-state index contributed by atoms with van der Waals surface area (Å²) in [4.78, 5) is 26.4. The van der Waals surface area contributed by atoms with Crippen molar-refractivity contribution in [2.24, 2.45) is 0 Å². The number of unbranched alkanes of at least 4 members (excludes halogenated alkanes) is 37. The van der Waals surface area contributed by atoms with Gasteiger partial charge in [0, 0.05) is 6.42 Å². The molecule has 0 aliphatic rings. The number of aliphatic hydroxyl groups excluding tert-OH is 2. The molecule has 0 aliphatic carbocycles. The number of esters is 1. The summed E-state index contributed by atoms with van der Waals surface area (Å²) in [5, 5.41) is 24.0. The van der Waals surface area contributed by atoms with Gasteiger partial charge in [-0.25, -0.2) is 0 Å². The summed E-state index contributed by atoms with van der Waals surface area (Å²) < 4.78 is 5.97. The van der Waals surface area contributed by atoms with E-state index in [0.29, 0.717) is 19.3 Å². The highest BCUT2D eigenvalue weighted by Gasteiger charge is 2.24. The van der Waals surface area contributed by atoms with E-state index in [9.17, 15) is 19.8 Å². The minimum absolute atomic E-state index is 0.0683. The van der Waals surface area contributed by atoms with Crippen LogP contribution < -0.4 is 5.32 Å². The van der Waals surface area contributed by atoms with Crippen LogP contribution in [0, 0.1) is 0 Å². The molecule has 0 aromatic rings. The molecule has 0 fully saturated rings. The first kappa shape index (κ1) is 68.8. The maximum Gasteiger partial charge on any atom is 0.306 e. The van der Waals surface area contributed by atoms with Crippen molar-refractivity contribution in [3.05, 3.63) is 48.6 Å². The van der Waals surface area contributed by atoms with Crippen LogP contribution in [0.5, 0.6) is 0 Å². The van der Waals surface area contributed by atoms with E-state index in [2.05, 4.69) is 74.7 Å². The van der Waals surface area contributed by atoms with E-state index in [1.807, 2.05) is 0 Å². The molecule has 0 aliphatic heterocycles. The van der Waals surface area contributed by atoms with Crippen LogP contribution in [0.25, 0.3) is 0 Å². The molecule has 0 heterocycles. The molecule has 3 N–H and O–H groups in total. The Labute approximate surface area is 442 Å². The molecule has 416 valence electrons. The lowest BCUT2D eigenvalue weighted by Gasteiger charge is -2.24. The molecule has 0 rings (SSSR count). The zero-order chi connectivity index (χ0) is 51.6. The molecule has 3 atom stereocenters. The number of aliphatic hydroxyl groups is 2. The lowest BCUT2D eigenvalue weighted by atomic mass is 10.0. The number of ether oxygens (including phenoxy) is 1. The lowest BCUT2D eigenvalue weighted by molar-refractivity contribution is -0.151. The topological polar surface area (TPSA) is 95.9 Å². The van der Waals surface area contributed by atoms with Crippen molar-refractivity contribution in [1.82, 2.24) is 5.32 Å². The minimum atomic E-state index is -0.794. The summed E-state index contributed by atoms with van der Waals surface area (Å²) in [6.45, 7) is 6.50. The monoisotopic (exact) mass is 996 g/mol. The molecule has 3 unspecified atom stereocenters. The molecule has 6 heteroatoms. The molecule has 0 bridgehead atoms. The van der Waals surface area contributed by atoms with E-state index in [1.165, 1.54) is 212 Å². The number of carbonyl (C=O) groups is 2. The zero-order valence-corrected chi connectivity index (χ0v) is 47.6.